The molecular weight excluding hydrogens is 368 g/mol. The summed E-state index contributed by atoms with van der Waals surface area (Å²) in [5.41, 5.74) is 2.20. The Morgan fingerprint density at radius 2 is 2.24 bits per heavy atom. The van der Waals surface area contributed by atoms with Crippen molar-refractivity contribution in [1.29, 1.82) is 0 Å². The van der Waals surface area contributed by atoms with Gasteiger partial charge in [-0.25, -0.2) is 0 Å². The monoisotopic (exact) mass is 402 g/mol. The van der Waals surface area contributed by atoms with Crippen molar-refractivity contribution in [2.45, 2.75) is 50.8 Å². The molecule has 1 amide bonds. The second-order valence-corrected chi connectivity index (χ2v) is 7.64. The first-order valence-corrected chi connectivity index (χ1v) is 10.7. The molecule has 1 aromatic carbocycles. The third-order valence-electron chi connectivity index (χ3n) is 5.48. The van der Waals surface area contributed by atoms with E-state index in [0.717, 1.165) is 49.1 Å². The molecule has 0 radical (unpaired) electrons. The molecule has 160 valence electrons. The minimum Gasteiger partial charge on any atom is -0.493 e. The highest BCUT2D eigenvalue weighted by Crippen LogP contribution is 2.37. The molecule has 2 fully saturated rings. The van der Waals surface area contributed by atoms with Crippen LogP contribution in [-0.2, 0) is 20.7 Å². The molecule has 2 aliphatic rings. The molecule has 6 nitrogen and oxygen atoms in total. The summed E-state index contributed by atoms with van der Waals surface area (Å²) in [6.07, 6.45) is 5.24. The van der Waals surface area contributed by atoms with Gasteiger partial charge in [0.25, 0.3) is 5.91 Å². The quantitative estimate of drug-likeness (QED) is 0.456. The first kappa shape index (κ1) is 21.8. The van der Waals surface area contributed by atoms with E-state index in [0.29, 0.717) is 26.4 Å². The summed E-state index contributed by atoms with van der Waals surface area (Å²) in [6, 6.07) is 6.34. The molecule has 1 saturated carbocycles. The number of morpholine rings is 1. The molecule has 1 aromatic rings. The van der Waals surface area contributed by atoms with Gasteiger partial charge in [0.2, 0.25) is 0 Å². The molecule has 1 N–H and O–H groups in total. The fourth-order valence-electron chi connectivity index (χ4n) is 3.76. The van der Waals surface area contributed by atoms with Gasteiger partial charge < -0.3 is 24.4 Å². The summed E-state index contributed by atoms with van der Waals surface area (Å²) in [5.74, 6) is 0.929. The molecule has 6 heteroatoms. The maximum atomic E-state index is 13.3. The van der Waals surface area contributed by atoms with Gasteiger partial charge in [0.05, 0.1) is 19.3 Å². The zero-order valence-electron chi connectivity index (χ0n) is 17.7. The number of ether oxygens (including phenoxy) is 3. The fourth-order valence-corrected chi connectivity index (χ4v) is 3.76. The van der Waals surface area contributed by atoms with E-state index >= 15 is 0 Å². The van der Waals surface area contributed by atoms with Crippen molar-refractivity contribution < 1.29 is 19.0 Å². The summed E-state index contributed by atoms with van der Waals surface area (Å²) in [5, 5.41) is 3.26. The Balaban J connectivity index is 1.80. The fraction of sp³-hybridized carbons (Fsp3) is 0.609. The number of rotatable bonds is 11. The largest absolute Gasteiger partial charge is 0.493 e. The summed E-state index contributed by atoms with van der Waals surface area (Å²) in [7, 11) is 1.70. The van der Waals surface area contributed by atoms with Crippen LogP contribution in [0.15, 0.2) is 30.9 Å². The third kappa shape index (κ3) is 5.59. The molecule has 1 aliphatic heterocycles. The van der Waals surface area contributed by atoms with Gasteiger partial charge in [0.1, 0.15) is 11.9 Å². The molecule has 1 heterocycles. The van der Waals surface area contributed by atoms with Crippen LogP contribution in [0.3, 0.4) is 0 Å². The topological polar surface area (TPSA) is 60.0 Å². The van der Waals surface area contributed by atoms with Crippen molar-refractivity contribution in [3.05, 3.63) is 42.0 Å². The van der Waals surface area contributed by atoms with E-state index in [9.17, 15) is 4.79 Å². The number of aryl methyl sites for hydroxylation is 1. The molecule has 1 saturated heterocycles. The average Bonchev–Trinajstić information content (AvgIpc) is 3.60. The van der Waals surface area contributed by atoms with E-state index in [1.165, 1.54) is 0 Å². The maximum absolute atomic E-state index is 13.3. The van der Waals surface area contributed by atoms with Crippen LogP contribution in [0.4, 0.5) is 0 Å². The Kier molecular flexibility index (Phi) is 8.09. The highest BCUT2D eigenvalue weighted by molar-refractivity contribution is 5.82. The lowest BCUT2D eigenvalue weighted by Gasteiger charge is -2.35. The van der Waals surface area contributed by atoms with Crippen LogP contribution >= 0.6 is 0 Å². The Hall–Kier alpha value is -1.89. The van der Waals surface area contributed by atoms with Crippen LogP contribution < -0.4 is 10.1 Å². The lowest BCUT2D eigenvalue weighted by molar-refractivity contribution is -0.147. The molecule has 0 unspecified atom stereocenters. The van der Waals surface area contributed by atoms with E-state index in [1.54, 1.807) is 7.11 Å². The van der Waals surface area contributed by atoms with E-state index in [-0.39, 0.29) is 18.0 Å². The minimum atomic E-state index is -0.425. The minimum absolute atomic E-state index is 0.0479. The smallest absolute Gasteiger partial charge is 0.254 e. The highest BCUT2D eigenvalue weighted by Gasteiger charge is 2.40. The van der Waals surface area contributed by atoms with Crippen molar-refractivity contribution in [1.82, 2.24) is 10.2 Å². The number of hydrogen-bond donors (Lipinski definition) is 1. The zero-order chi connectivity index (χ0) is 20.6. The number of carbonyl (C=O) groups is 1. The first-order chi connectivity index (χ1) is 14.2. The molecule has 1 aliphatic carbocycles. The molecule has 0 aromatic heterocycles. The number of nitrogens with one attached hydrogen (secondary N) is 1. The lowest BCUT2D eigenvalue weighted by atomic mass is 10.0. The SMILES string of the molecule is C=C[C@H](c1ccc(CC)c(OCCCOC)c1)N(C(=O)[C@H]1CNCCO1)C1CC1. The Bertz CT molecular complexity index is 683. The van der Waals surface area contributed by atoms with Crippen LogP contribution in [0, 0.1) is 0 Å². The molecule has 29 heavy (non-hydrogen) atoms. The second kappa shape index (κ2) is 10.8. The van der Waals surface area contributed by atoms with Crippen LogP contribution in [0.25, 0.3) is 0 Å². The van der Waals surface area contributed by atoms with Crippen molar-refractivity contribution in [3.8, 4) is 5.75 Å². The van der Waals surface area contributed by atoms with Crippen LogP contribution in [-0.4, -0.2) is 63.0 Å². The number of benzene rings is 1. The van der Waals surface area contributed by atoms with Gasteiger partial charge in [0.15, 0.2) is 0 Å². The number of carbonyl (C=O) groups excluding carboxylic acids is 1. The van der Waals surface area contributed by atoms with Gasteiger partial charge in [-0.2, -0.15) is 0 Å². The summed E-state index contributed by atoms with van der Waals surface area (Å²) >= 11 is 0. The van der Waals surface area contributed by atoms with Crippen LogP contribution in [0.5, 0.6) is 5.75 Å². The Labute approximate surface area is 174 Å². The predicted molar refractivity (Wildman–Crippen MR) is 113 cm³/mol. The van der Waals surface area contributed by atoms with Crippen molar-refractivity contribution in [2.24, 2.45) is 0 Å². The Morgan fingerprint density at radius 1 is 1.41 bits per heavy atom. The molecule has 0 spiro atoms. The number of methoxy groups -OCH3 is 1. The Morgan fingerprint density at radius 3 is 2.86 bits per heavy atom. The van der Waals surface area contributed by atoms with Gasteiger partial charge in [-0.05, 0) is 36.5 Å². The van der Waals surface area contributed by atoms with Gasteiger partial charge in [-0.1, -0.05) is 25.1 Å². The van der Waals surface area contributed by atoms with Crippen molar-refractivity contribution in [3.63, 3.8) is 0 Å². The van der Waals surface area contributed by atoms with Gasteiger partial charge >= 0.3 is 0 Å². The molecule has 3 rings (SSSR count). The van der Waals surface area contributed by atoms with Gasteiger partial charge in [-0.3, -0.25) is 4.79 Å². The van der Waals surface area contributed by atoms with Crippen LogP contribution in [0.1, 0.15) is 43.4 Å². The van der Waals surface area contributed by atoms with Gasteiger partial charge in [-0.15, -0.1) is 6.58 Å². The maximum Gasteiger partial charge on any atom is 0.254 e. The lowest BCUT2D eigenvalue weighted by Crippen LogP contribution is -2.50. The summed E-state index contributed by atoms with van der Waals surface area (Å²) in [6.45, 7) is 9.37. The normalized spacial score (nSPS) is 20.1. The number of nitrogens with zero attached hydrogens (tertiary/aromatic N) is 1. The van der Waals surface area contributed by atoms with E-state index < -0.39 is 6.10 Å². The second-order valence-electron chi connectivity index (χ2n) is 7.64. The molecule has 2 atom stereocenters. The zero-order valence-corrected chi connectivity index (χ0v) is 17.7. The summed E-state index contributed by atoms with van der Waals surface area (Å²) < 4.78 is 16.9. The number of hydrogen-bond acceptors (Lipinski definition) is 5. The summed E-state index contributed by atoms with van der Waals surface area (Å²) in [4.78, 5) is 15.2. The third-order valence-corrected chi connectivity index (χ3v) is 5.48. The predicted octanol–water partition coefficient (Wildman–Crippen LogP) is 2.87. The van der Waals surface area contributed by atoms with Crippen molar-refractivity contribution in [2.75, 3.05) is 40.0 Å². The standard InChI is InChI=1S/C23H34N2O4/c1-4-17-7-8-18(15-21(17)28-13-6-12-27-3)20(5-2)25(19-9-10-19)23(26)22-16-24-11-14-29-22/h5,7-8,15,19-20,22,24H,2,4,6,9-14,16H2,1,3H3/t20-,22-/m1/s1. The van der Waals surface area contributed by atoms with E-state index in [1.807, 2.05) is 11.0 Å². The van der Waals surface area contributed by atoms with Gasteiger partial charge in [0, 0.05) is 39.3 Å². The van der Waals surface area contributed by atoms with Crippen molar-refractivity contribution >= 4 is 5.91 Å². The number of amides is 1. The highest BCUT2D eigenvalue weighted by atomic mass is 16.5. The first-order valence-electron chi connectivity index (χ1n) is 10.7. The molecule has 0 bridgehead atoms. The molecular formula is C23H34N2O4. The van der Waals surface area contributed by atoms with Crippen LogP contribution in [0.2, 0.25) is 0 Å². The average molecular weight is 403 g/mol. The van der Waals surface area contributed by atoms with E-state index in [4.69, 9.17) is 14.2 Å². The van der Waals surface area contributed by atoms with E-state index in [2.05, 4.69) is 37.0 Å².